The molecule has 0 heterocycles. The largest absolute Gasteiger partial charge is 0.504 e. The SMILES string of the molecule is COc1cc(C=NNC(N)=S)c(Cl)cc1O. The third-order valence-electron chi connectivity index (χ3n) is 1.68. The number of hydrazone groups is 1. The van der Waals surface area contributed by atoms with E-state index in [0.717, 1.165) is 0 Å². The molecule has 0 radical (unpaired) electrons. The first kappa shape index (κ1) is 12.5. The molecule has 0 saturated heterocycles. The molecule has 0 aliphatic rings. The van der Waals surface area contributed by atoms with E-state index in [1.807, 2.05) is 0 Å². The van der Waals surface area contributed by atoms with Gasteiger partial charge in [-0.25, -0.2) is 0 Å². The molecule has 0 spiro atoms. The Bertz CT molecular complexity index is 437. The third kappa shape index (κ3) is 3.25. The second-order valence-electron chi connectivity index (χ2n) is 2.78. The van der Waals surface area contributed by atoms with Crippen LogP contribution < -0.4 is 15.9 Å². The maximum Gasteiger partial charge on any atom is 0.184 e. The lowest BCUT2D eigenvalue weighted by atomic mass is 10.2. The lowest BCUT2D eigenvalue weighted by Gasteiger charge is -2.05. The second kappa shape index (κ2) is 5.53. The van der Waals surface area contributed by atoms with Gasteiger partial charge in [-0.05, 0) is 18.3 Å². The van der Waals surface area contributed by atoms with Gasteiger partial charge in [-0.15, -0.1) is 0 Å². The quantitative estimate of drug-likeness (QED) is 0.432. The van der Waals surface area contributed by atoms with Crippen molar-refractivity contribution in [3.8, 4) is 11.5 Å². The molecule has 16 heavy (non-hydrogen) atoms. The zero-order chi connectivity index (χ0) is 12.1. The summed E-state index contributed by atoms with van der Waals surface area (Å²) in [6.45, 7) is 0. The first-order chi connectivity index (χ1) is 7.54. The van der Waals surface area contributed by atoms with E-state index >= 15 is 0 Å². The number of nitrogens with zero attached hydrogens (tertiary/aromatic N) is 1. The van der Waals surface area contributed by atoms with Gasteiger partial charge < -0.3 is 15.6 Å². The molecule has 0 bridgehead atoms. The van der Waals surface area contributed by atoms with Crippen molar-refractivity contribution in [1.29, 1.82) is 0 Å². The first-order valence-corrected chi connectivity index (χ1v) is 4.98. The number of rotatable bonds is 3. The maximum atomic E-state index is 9.42. The van der Waals surface area contributed by atoms with Gasteiger partial charge >= 0.3 is 0 Å². The number of phenolic OH excluding ortho intramolecular Hbond substituents is 1. The Labute approximate surface area is 103 Å². The normalized spacial score (nSPS) is 10.4. The molecule has 0 unspecified atom stereocenters. The summed E-state index contributed by atoms with van der Waals surface area (Å²) in [5.41, 5.74) is 8.14. The molecule has 0 aliphatic heterocycles. The van der Waals surface area contributed by atoms with E-state index in [0.29, 0.717) is 16.3 Å². The molecule has 0 amide bonds. The molecule has 7 heteroatoms. The van der Waals surface area contributed by atoms with Crippen LogP contribution in [0, 0.1) is 0 Å². The van der Waals surface area contributed by atoms with Crippen LogP contribution in [-0.2, 0) is 0 Å². The predicted molar refractivity (Wildman–Crippen MR) is 67.2 cm³/mol. The number of ether oxygens (including phenoxy) is 1. The highest BCUT2D eigenvalue weighted by Crippen LogP contribution is 2.31. The van der Waals surface area contributed by atoms with Crippen molar-refractivity contribution >= 4 is 35.1 Å². The van der Waals surface area contributed by atoms with E-state index in [2.05, 4.69) is 22.7 Å². The summed E-state index contributed by atoms with van der Waals surface area (Å²) in [4.78, 5) is 0. The first-order valence-electron chi connectivity index (χ1n) is 4.19. The Hall–Kier alpha value is -1.53. The summed E-state index contributed by atoms with van der Waals surface area (Å²) in [6.07, 6.45) is 1.42. The number of halogens is 1. The summed E-state index contributed by atoms with van der Waals surface area (Å²) in [5.74, 6) is 0.271. The number of aromatic hydroxyl groups is 1. The van der Waals surface area contributed by atoms with E-state index in [1.54, 1.807) is 6.07 Å². The monoisotopic (exact) mass is 259 g/mol. The van der Waals surface area contributed by atoms with Crippen molar-refractivity contribution in [3.05, 3.63) is 22.7 Å². The Balaban J connectivity index is 2.95. The van der Waals surface area contributed by atoms with Crippen LogP contribution in [-0.4, -0.2) is 23.5 Å². The molecule has 1 aromatic rings. The number of benzene rings is 1. The molecule has 0 atom stereocenters. The van der Waals surface area contributed by atoms with Crippen LogP contribution >= 0.6 is 23.8 Å². The highest BCUT2D eigenvalue weighted by atomic mass is 35.5. The molecular formula is C9H10ClN3O2S. The van der Waals surface area contributed by atoms with Gasteiger partial charge in [-0.3, -0.25) is 5.43 Å². The van der Waals surface area contributed by atoms with Crippen molar-refractivity contribution < 1.29 is 9.84 Å². The molecular weight excluding hydrogens is 250 g/mol. The number of hydrogen-bond acceptors (Lipinski definition) is 4. The Kier molecular flexibility index (Phi) is 4.33. The molecule has 0 aromatic heterocycles. The summed E-state index contributed by atoms with van der Waals surface area (Å²) in [6, 6.07) is 2.91. The molecule has 1 aromatic carbocycles. The van der Waals surface area contributed by atoms with E-state index < -0.39 is 0 Å². The zero-order valence-corrected chi connectivity index (χ0v) is 9.97. The zero-order valence-electron chi connectivity index (χ0n) is 8.40. The summed E-state index contributed by atoms with van der Waals surface area (Å²) < 4.78 is 4.93. The fourth-order valence-electron chi connectivity index (χ4n) is 0.986. The van der Waals surface area contributed by atoms with Gasteiger partial charge in [0.05, 0.1) is 18.3 Å². The van der Waals surface area contributed by atoms with Crippen LogP contribution in [0.1, 0.15) is 5.56 Å². The van der Waals surface area contributed by atoms with Gasteiger partial charge in [0, 0.05) is 11.6 Å². The highest BCUT2D eigenvalue weighted by molar-refractivity contribution is 7.80. The summed E-state index contributed by atoms with van der Waals surface area (Å²) in [5, 5.41) is 13.6. The number of thiocarbonyl (C=S) groups is 1. The summed E-state index contributed by atoms with van der Waals surface area (Å²) in [7, 11) is 1.44. The molecule has 0 fully saturated rings. The van der Waals surface area contributed by atoms with Gasteiger partial charge in [0.15, 0.2) is 16.6 Å². The Morgan fingerprint density at radius 1 is 1.69 bits per heavy atom. The minimum absolute atomic E-state index is 0.0352. The van der Waals surface area contributed by atoms with Crippen LogP contribution in [0.4, 0.5) is 0 Å². The molecule has 1 rings (SSSR count). The lowest BCUT2D eigenvalue weighted by molar-refractivity contribution is 0.373. The molecule has 4 N–H and O–H groups in total. The number of hydrogen-bond donors (Lipinski definition) is 3. The van der Waals surface area contributed by atoms with Crippen LogP contribution in [0.2, 0.25) is 5.02 Å². The van der Waals surface area contributed by atoms with Gasteiger partial charge in [0.2, 0.25) is 0 Å². The lowest BCUT2D eigenvalue weighted by Crippen LogP contribution is -2.24. The van der Waals surface area contributed by atoms with Crippen molar-refractivity contribution in [2.45, 2.75) is 0 Å². The van der Waals surface area contributed by atoms with E-state index in [-0.39, 0.29) is 10.9 Å². The highest BCUT2D eigenvalue weighted by Gasteiger charge is 2.06. The Morgan fingerprint density at radius 3 is 2.94 bits per heavy atom. The maximum absolute atomic E-state index is 9.42. The van der Waals surface area contributed by atoms with Crippen molar-refractivity contribution in [2.24, 2.45) is 10.8 Å². The van der Waals surface area contributed by atoms with Gasteiger partial charge in [-0.1, -0.05) is 11.6 Å². The van der Waals surface area contributed by atoms with Crippen molar-refractivity contribution in [1.82, 2.24) is 5.43 Å². The number of nitrogens with two attached hydrogens (primary N) is 1. The molecule has 86 valence electrons. The van der Waals surface area contributed by atoms with E-state index in [9.17, 15) is 5.11 Å². The minimum atomic E-state index is -0.0352. The van der Waals surface area contributed by atoms with Crippen LogP contribution in [0.3, 0.4) is 0 Å². The van der Waals surface area contributed by atoms with Crippen LogP contribution in [0.15, 0.2) is 17.2 Å². The smallest absolute Gasteiger partial charge is 0.184 e. The molecule has 0 saturated carbocycles. The van der Waals surface area contributed by atoms with Crippen LogP contribution in [0.5, 0.6) is 11.5 Å². The third-order valence-corrected chi connectivity index (χ3v) is 2.10. The van der Waals surface area contributed by atoms with E-state index in [1.165, 1.54) is 19.4 Å². The van der Waals surface area contributed by atoms with Gasteiger partial charge in [-0.2, -0.15) is 5.10 Å². The van der Waals surface area contributed by atoms with Crippen LogP contribution in [0.25, 0.3) is 0 Å². The molecule has 0 aliphatic carbocycles. The van der Waals surface area contributed by atoms with Crippen molar-refractivity contribution in [3.63, 3.8) is 0 Å². The number of phenols is 1. The minimum Gasteiger partial charge on any atom is -0.504 e. The standard InChI is InChI=1S/C9H10ClN3O2S/c1-15-8-2-5(4-12-13-9(11)16)6(10)3-7(8)14/h2-4,14H,1H3,(H3,11,13,16). The van der Waals surface area contributed by atoms with E-state index in [4.69, 9.17) is 22.1 Å². The second-order valence-corrected chi connectivity index (χ2v) is 3.63. The summed E-state index contributed by atoms with van der Waals surface area (Å²) >= 11 is 10.4. The Morgan fingerprint density at radius 2 is 2.38 bits per heavy atom. The number of methoxy groups -OCH3 is 1. The predicted octanol–water partition coefficient (Wildman–Crippen LogP) is 1.22. The van der Waals surface area contributed by atoms with Gasteiger partial charge in [0.25, 0.3) is 0 Å². The fraction of sp³-hybridized carbons (Fsp3) is 0.111. The topological polar surface area (TPSA) is 79.9 Å². The molecule has 5 nitrogen and oxygen atoms in total. The fourth-order valence-corrected chi connectivity index (χ4v) is 1.25. The number of nitrogens with one attached hydrogen (secondary N) is 1. The van der Waals surface area contributed by atoms with Crippen molar-refractivity contribution in [2.75, 3.05) is 7.11 Å². The van der Waals surface area contributed by atoms with Gasteiger partial charge in [0.1, 0.15) is 0 Å². The average molecular weight is 260 g/mol. The average Bonchev–Trinajstić information content (AvgIpc) is 2.20.